The third-order valence-electron chi connectivity index (χ3n) is 12.1. The third-order valence-corrected chi connectivity index (χ3v) is 12.1. The molecule has 11 rings (SSSR count). The first-order chi connectivity index (χ1) is 32.0. The van der Waals surface area contributed by atoms with Crippen LogP contribution < -0.4 is 9.80 Å². The second-order valence-corrected chi connectivity index (χ2v) is 16.1. The van der Waals surface area contributed by atoms with Crippen LogP contribution in [0.25, 0.3) is 60.9 Å². The first kappa shape index (κ1) is 39.3. The van der Waals surface area contributed by atoms with Crippen molar-refractivity contribution in [2.24, 2.45) is 0 Å². The van der Waals surface area contributed by atoms with Gasteiger partial charge < -0.3 is 14.4 Å². The Bertz CT molecular complexity index is 3300. The minimum absolute atomic E-state index is 0.304. The topological polar surface area (TPSA) is 11.4 Å². The molecule has 1 heterocycles. The van der Waals surface area contributed by atoms with Gasteiger partial charge in [0.05, 0.1) is 11.0 Å². The molecular weight excluding hydrogens is 801 g/mol. The Balaban J connectivity index is 1.02. The van der Waals surface area contributed by atoms with Gasteiger partial charge in [-0.25, -0.2) is 8.78 Å². The lowest BCUT2D eigenvalue weighted by Crippen LogP contribution is -2.13. The predicted molar refractivity (Wildman–Crippen MR) is 266 cm³/mol. The predicted octanol–water partition coefficient (Wildman–Crippen LogP) is 17.0. The fraction of sp³-hybridized carbons (Fsp3) is 0. The molecule has 310 valence electrons. The van der Waals surface area contributed by atoms with Crippen LogP contribution in [0.4, 0.5) is 42.9 Å². The van der Waals surface area contributed by atoms with Gasteiger partial charge in [-0.3, -0.25) is 0 Å². The molecule has 0 unspecified atom stereocenters. The molecule has 65 heavy (non-hydrogen) atoms. The summed E-state index contributed by atoms with van der Waals surface area (Å²) >= 11 is 0. The Hall–Kier alpha value is -8.54. The first-order valence-corrected chi connectivity index (χ1v) is 21.7. The van der Waals surface area contributed by atoms with Crippen LogP contribution in [0.3, 0.4) is 0 Å². The van der Waals surface area contributed by atoms with E-state index in [1.807, 2.05) is 42.5 Å². The standard InChI is InChI=1S/C60H41F2N3/c61-48-27-33-52(34-28-48)63(50-14-6-2-7-15-50)55-38-47(39-56(41-55)64(51-16-8-3-9-17-51)53-35-29-49(62)30-36-53)45-22-20-44(21-23-45)46-26-37-60-58(40-46)57-18-10-11-19-59(57)65(60)54-31-24-43(25-32-54)42-12-4-1-5-13-42/h1-41H. The number of nitrogens with zero attached hydrogens (tertiary/aromatic N) is 3. The summed E-state index contributed by atoms with van der Waals surface area (Å²) in [5.41, 5.74) is 15.3. The number of para-hydroxylation sites is 3. The SMILES string of the molecule is Fc1ccc(N(c2ccccc2)c2cc(-c3ccc(-c4ccc5c(c4)c4ccccc4n5-c4ccc(-c5ccccc5)cc4)cc3)cc(N(c3ccccc3)c3ccc(F)cc3)c2)cc1. The largest absolute Gasteiger partial charge is 0.310 e. The highest BCUT2D eigenvalue weighted by molar-refractivity contribution is 6.10. The molecule has 0 aliphatic rings. The highest BCUT2D eigenvalue weighted by atomic mass is 19.1. The lowest BCUT2D eigenvalue weighted by molar-refractivity contribution is 0.627. The van der Waals surface area contributed by atoms with Crippen LogP contribution in [0.2, 0.25) is 0 Å². The highest BCUT2D eigenvalue weighted by Crippen LogP contribution is 2.44. The zero-order valence-corrected chi connectivity index (χ0v) is 35.3. The van der Waals surface area contributed by atoms with Crippen molar-refractivity contribution in [3.8, 4) is 39.1 Å². The quantitative estimate of drug-likeness (QED) is 0.136. The van der Waals surface area contributed by atoms with Crippen LogP contribution in [0, 0.1) is 11.6 Å². The van der Waals surface area contributed by atoms with Crippen molar-refractivity contribution in [3.05, 3.63) is 260 Å². The van der Waals surface area contributed by atoms with E-state index in [2.05, 4.69) is 172 Å². The summed E-state index contributed by atoms with van der Waals surface area (Å²) < 4.78 is 31.1. The molecule has 5 heteroatoms. The van der Waals surface area contributed by atoms with Gasteiger partial charge in [0.15, 0.2) is 0 Å². The van der Waals surface area contributed by atoms with Crippen LogP contribution in [-0.2, 0) is 0 Å². The van der Waals surface area contributed by atoms with Crippen molar-refractivity contribution >= 4 is 55.9 Å². The Labute approximate surface area is 377 Å². The van der Waals surface area contributed by atoms with Crippen LogP contribution in [0.1, 0.15) is 0 Å². The number of fused-ring (bicyclic) bond motifs is 3. The van der Waals surface area contributed by atoms with E-state index >= 15 is 0 Å². The van der Waals surface area contributed by atoms with Crippen molar-refractivity contribution < 1.29 is 8.78 Å². The molecule has 0 saturated heterocycles. The highest BCUT2D eigenvalue weighted by Gasteiger charge is 2.20. The van der Waals surface area contributed by atoms with Crippen molar-refractivity contribution in [1.82, 2.24) is 4.57 Å². The lowest BCUT2D eigenvalue weighted by atomic mass is 9.97. The average Bonchev–Trinajstić information content (AvgIpc) is 3.70. The van der Waals surface area contributed by atoms with Gasteiger partial charge in [-0.05, 0) is 155 Å². The van der Waals surface area contributed by atoms with E-state index < -0.39 is 0 Å². The van der Waals surface area contributed by atoms with E-state index in [0.29, 0.717) is 0 Å². The zero-order chi connectivity index (χ0) is 43.7. The smallest absolute Gasteiger partial charge is 0.123 e. The summed E-state index contributed by atoms with van der Waals surface area (Å²) in [4.78, 5) is 4.27. The van der Waals surface area contributed by atoms with Crippen LogP contribution in [0.15, 0.2) is 249 Å². The second-order valence-electron chi connectivity index (χ2n) is 16.1. The molecule has 10 aromatic carbocycles. The van der Waals surface area contributed by atoms with E-state index in [1.165, 1.54) is 46.2 Å². The van der Waals surface area contributed by atoms with Gasteiger partial charge in [-0.15, -0.1) is 0 Å². The van der Waals surface area contributed by atoms with Crippen LogP contribution >= 0.6 is 0 Å². The summed E-state index contributed by atoms with van der Waals surface area (Å²) in [7, 11) is 0. The molecule has 11 aromatic rings. The van der Waals surface area contributed by atoms with Gasteiger partial charge in [-0.2, -0.15) is 0 Å². The number of hydrogen-bond acceptors (Lipinski definition) is 2. The maximum atomic E-state index is 14.4. The minimum atomic E-state index is -0.304. The van der Waals surface area contributed by atoms with Crippen molar-refractivity contribution in [3.63, 3.8) is 0 Å². The fourth-order valence-corrected chi connectivity index (χ4v) is 8.97. The number of aromatic nitrogens is 1. The summed E-state index contributed by atoms with van der Waals surface area (Å²) in [6.45, 7) is 0. The van der Waals surface area contributed by atoms with Crippen molar-refractivity contribution in [1.29, 1.82) is 0 Å². The third kappa shape index (κ3) is 7.70. The molecule has 0 aliphatic heterocycles. The molecule has 0 spiro atoms. The maximum Gasteiger partial charge on any atom is 0.123 e. The van der Waals surface area contributed by atoms with E-state index in [0.717, 1.165) is 73.1 Å². The number of hydrogen-bond donors (Lipinski definition) is 0. The molecule has 0 aliphatic carbocycles. The summed E-state index contributed by atoms with van der Waals surface area (Å²) in [6, 6.07) is 83.2. The summed E-state index contributed by atoms with van der Waals surface area (Å²) in [5, 5.41) is 2.39. The lowest BCUT2D eigenvalue weighted by Gasteiger charge is -2.30. The van der Waals surface area contributed by atoms with E-state index in [4.69, 9.17) is 0 Å². The average molecular weight is 842 g/mol. The van der Waals surface area contributed by atoms with Gasteiger partial charge in [0, 0.05) is 50.6 Å². The second kappa shape index (κ2) is 17.0. The molecule has 0 radical (unpaired) electrons. The molecule has 0 fully saturated rings. The number of halogens is 2. The maximum absolute atomic E-state index is 14.4. The van der Waals surface area contributed by atoms with Gasteiger partial charge >= 0.3 is 0 Å². The molecule has 0 bridgehead atoms. The van der Waals surface area contributed by atoms with Crippen molar-refractivity contribution in [2.75, 3.05) is 9.80 Å². The molecule has 0 N–H and O–H groups in total. The molecule has 0 saturated carbocycles. The van der Waals surface area contributed by atoms with E-state index in [9.17, 15) is 8.78 Å². The molecule has 0 amide bonds. The molecule has 3 nitrogen and oxygen atoms in total. The van der Waals surface area contributed by atoms with Gasteiger partial charge in [0.1, 0.15) is 11.6 Å². The number of benzene rings is 10. The van der Waals surface area contributed by atoms with Gasteiger partial charge in [-0.1, -0.05) is 127 Å². The van der Waals surface area contributed by atoms with Gasteiger partial charge in [0.25, 0.3) is 0 Å². The summed E-state index contributed by atoms with van der Waals surface area (Å²) in [6.07, 6.45) is 0. The van der Waals surface area contributed by atoms with E-state index in [-0.39, 0.29) is 11.6 Å². The van der Waals surface area contributed by atoms with E-state index in [1.54, 1.807) is 24.3 Å². The zero-order valence-electron chi connectivity index (χ0n) is 35.3. The summed E-state index contributed by atoms with van der Waals surface area (Å²) in [5.74, 6) is -0.608. The monoisotopic (exact) mass is 841 g/mol. The Morgan fingerprint density at radius 1 is 0.262 bits per heavy atom. The number of rotatable bonds is 10. The Morgan fingerprint density at radius 2 is 0.662 bits per heavy atom. The Morgan fingerprint density at radius 3 is 1.22 bits per heavy atom. The molecule has 1 aromatic heterocycles. The van der Waals surface area contributed by atoms with Crippen LogP contribution in [-0.4, -0.2) is 4.57 Å². The fourth-order valence-electron chi connectivity index (χ4n) is 8.97. The minimum Gasteiger partial charge on any atom is -0.310 e. The molecule has 0 atom stereocenters. The van der Waals surface area contributed by atoms with Crippen molar-refractivity contribution in [2.45, 2.75) is 0 Å². The normalized spacial score (nSPS) is 11.2. The molecular formula is C60H41F2N3. The Kier molecular flexibility index (Phi) is 10.3. The first-order valence-electron chi connectivity index (χ1n) is 21.7. The number of anilines is 6. The van der Waals surface area contributed by atoms with Crippen LogP contribution in [0.5, 0.6) is 0 Å². The van der Waals surface area contributed by atoms with Gasteiger partial charge in [0.2, 0.25) is 0 Å².